The third kappa shape index (κ3) is 3.82. The van der Waals surface area contributed by atoms with Gasteiger partial charge in [0.1, 0.15) is 0 Å². The molecule has 4 heteroatoms. The van der Waals surface area contributed by atoms with Gasteiger partial charge < -0.3 is 19.1 Å². The summed E-state index contributed by atoms with van der Waals surface area (Å²) in [5, 5.41) is 0. The van der Waals surface area contributed by atoms with Crippen molar-refractivity contribution in [2.24, 2.45) is 0 Å². The molecule has 0 saturated heterocycles. The van der Waals surface area contributed by atoms with Crippen molar-refractivity contribution < 1.29 is 14.2 Å². The molecule has 0 atom stereocenters. The summed E-state index contributed by atoms with van der Waals surface area (Å²) >= 11 is 0. The molecular weight excluding hydrogens is 350 g/mol. The Morgan fingerprint density at radius 2 is 1.64 bits per heavy atom. The first kappa shape index (κ1) is 18.4. The minimum atomic E-state index is 0.691. The van der Waals surface area contributed by atoms with Gasteiger partial charge in [0.15, 0.2) is 11.5 Å². The van der Waals surface area contributed by atoms with Crippen molar-refractivity contribution in [3.8, 4) is 11.5 Å². The molecule has 0 aromatic heterocycles. The number of anilines is 1. The lowest BCUT2D eigenvalue weighted by Gasteiger charge is -2.27. The number of methoxy groups -OCH3 is 2. The van der Waals surface area contributed by atoms with Crippen LogP contribution in [0.5, 0.6) is 11.5 Å². The van der Waals surface area contributed by atoms with Crippen LogP contribution in [0, 0.1) is 0 Å². The number of nitrogens with zero attached hydrogens (tertiary/aromatic N) is 1. The first-order valence-corrected chi connectivity index (χ1v) is 9.47. The highest BCUT2D eigenvalue weighted by Gasteiger charge is 2.18. The fraction of sp³-hybridized carbons (Fsp3) is 0.250. The molecule has 0 saturated carbocycles. The van der Waals surface area contributed by atoms with Gasteiger partial charge in [-0.2, -0.15) is 0 Å². The number of rotatable bonds is 7. The molecule has 1 aliphatic rings. The highest BCUT2D eigenvalue weighted by atomic mass is 16.5. The van der Waals surface area contributed by atoms with Crippen molar-refractivity contribution >= 4 is 5.69 Å². The third-order valence-corrected chi connectivity index (χ3v) is 5.18. The van der Waals surface area contributed by atoms with Gasteiger partial charge in [-0.3, -0.25) is 0 Å². The Labute approximate surface area is 166 Å². The van der Waals surface area contributed by atoms with E-state index in [0.717, 1.165) is 30.3 Å². The molecule has 1 heterocycles. The van der Waals surface area contributed by atoms with Crippen LogP contribution in [0.2, 0.25) is 0 Å². The van der Waals surface area contributed by atoms with E-state index in [1.807, 2.05) is 18.2 Å². The molecule has 0 fully saturated rings. The molecule has 3 aromatic rings. The minimum absolute atomic E-state index is 0.691. The maximum absolute atomic E-state index is 5.67. The van der Waals surface area contributed by atoms with Crippen LogP contribution in [0.4, 0.5) is 5.69 Å². The van der Waals surface area contributed by atoms with E-state index >= 15 is 0 Å². The normalized spacial score (nSPS) is 12.5. The summed E-state index contributed by atoms with van der Waals surface area (Å²) in [5.41, 5.74) is 6.28. The Bertz CT molecular complexity index is 940. The van der Waals surface area contributed by atoms with Gasteiger partial charge in [-0.25, -0.2) is 0 Å². The van der Waals surface area contributed by atoms with Crippen molar-refractivity contribution in [2.75, 3.05) is 19.1 Å². The Morgan fingerprint density at radius 1 is 0.821 bits per heavy atom. The second kappa shape index (κ2) is 8.36. The highest BCUT2D eigenvalue weighted by molar-refractivity contribution is 5.57. The Morgan fingerprint density at radius 3 is 2.43 bits per heavy atom. The summed E-state index contributed by atoms with van der Waals surface area (Å²) in [6, 6.07) is 23.1. The number of ether oxygens (including phenoxy) is 3. The lowest BCUT2D eigenvalue weighted by atomic mass is 10.0. The second-order valence-corrected chi connectivity index (χ2v) is 6.93. The highest BCUT2D eigenvalue weighted by Crippen LogP contribution is 2.33. The summed E-state index contributed by atoms with van der Waals surface area (Å²) in [5.74, 6) is 1.47. The van der Waals surface area contributed by atoms with E-state index in [-0.39, 0.29) is 0 Å². The monoisotopic (exact) mass is 375 g/mol. The first-order valence-electron chi connectivity index (χ1n) is 9.47. The molecule has 28 heavy (non-hydrogen) atoms. The SMILES string of the molecule is COc1ccc(N(Cc2ccccc2)Cc2cccc3c2COC3)cc1OC. The molecule has 0 aliphatic carbocycles. The van der Waals surface area contributed by atoms with Crippen LogP contribution in [0.25, 0.3) is 0 Å². The van der Waals surface area contributed by atoms with E-state index in [9.17, 15) is 0 Å². The predicted molar refractivity (Wildman–Crippen MR) is 111 cm³/mol. The molecule has 0 N–H and O–H groups in total. The van der Waals surface area contributed by atoms with Crippen LogP contribution < -0.4 is 14.4 Å². The zero-order valence-corrected chi connectivity index (χ0v) is 16.4. The fourth-order valence-corrected chi connectivity index (χ4v) is 3.69. The summed E-state index contributed by atoms with van der Waals surface area (Å²) in [6.45, 7) is 3.01. The molecule has 0 unspecified atom stereocenters. The summed E-state index contributed by atoms with van der Waals surface area (Å²) < 4.78 is 16.6. The molecule has 144 valence electrons. The molecular formula is C24H25NO3. The zero-order chi connectivity index (χ0) is 19.3. The lowest BCUT2D eigenvalue weighted by molar-refractivity contribution is 0.134. The largest absolute Gasteiger partial charge is 0.493 e. The van der Waals surface area contributed by atoms with E-state index in [1.165, 1.54) is 22.3 Å². The van der Waals surface area contributed by atoms with Crippen LogP contribution in [-0.2, 0) is 31.0 Å². The van der Waals surface area contributed by atoms with E-state index in [0.29, 0.717) is 13.2 Å². The molecule has 1 aliphatic heterocycles. The number of benzene rings is 3. The maximum Gasteiger partial charge on any atom is 0.162 e. The summed E-state index contributed by atoms with van der Waals surface area (Å²) in [4.78, 5) is 2.37. The average Bonchev–Trinajstić information content (AvgIpc) is 3.23. The lowest BCUT2D eigenvalue weighted by Crippen LogP contribution is -2.23. The van der Waals surface area contributed by atoms with E-state index in [4.69, 9.17) is 14.2 Å². The van der Waals surface area contributed by atoms with Crippen molar-refractivity contribution in [1.29, 1.82) is 0 Å². The quantitative estimate of drug-likeness (QED) is 0.585. The minimum Gasteiger partial charge on any atom is -0.493 e. The van der Waals surface area contributed by atoms with Gasteiger partial charge in [0.05, 0.1) is 27.4 Å². The van der Waals surface area contributed by atoms with Crippen LogP contribution in [0.15, 0.2) is 66.7 Å². The Balaban J connectivity index is 1.69. The molecule has 4 rings (SSSR count). The number of hydrogen-bond donors (Lipinski definition) is 0. The van der Waals surface area contributed by atoms with Crippen LogP contribution in [-0.4, -0.2) is 14.2 Å². The summed E-state index contributed by atoms with van der Waals surface area (Å²) in [6.07, 6.45) is 0. The van der Waals surface area contributed by atoms with Gasteiger partial charge in [0, 0.05) is 24.8 Å². The van der Waals surface area contributed by atoms with Crippen molar-refractivity contribution in [2.45, 2.75) is 26.3 Å². The molecule has 0 bridgehead atoms. The topological polar surface area (TPSA) is 30.9 Å². The number of hydrogen-bond acceptors (Lipinski definition) is 4. The standard InChI is InChI=1S/C24H25NO3/c1-26-23-12-11-21(13-24(23)27-2)25(14-18-7-4-3-5-8-18)15-19-9-6-10-20-16-28-17-22(19)20/h3-13H,14-17H2,1-2H3. The average molecular weight is 375 g/mol. The second-order valence-electron chi connectivity index (χ2n) is 6.93. The smallest absolute Gasteiger partial charge is 0.162 e. The fourth-order valence-electron chi connectivity index (χ4n) is 3.69. The van der Waals surface area contributed by atoms with Crippen molar-refractivity contribution in [3.05, 3.63) is 89.0 Å². The first-order chi connectivity index (χ1) is 13.8. The molecule has 0 radical (unpaired) electrons. The van der Waals surface area contributed by atoms with Gasteiger partial charge >= 0.3 is 0 Å². The van der Waals surface area contributed by atoms with E-state index in [2.05, 4.69) is 53.4 Å². The van der Waals surface area contributed by atoms with Crippen molar-refractivity contribution in [3.63, 3.8) is 0 Å². The van der Waals surface area contributed by atoms with Gasteiger partial charge in [0.25, 0.3) is 0 Å². The van der Waals surface area contributed by atoms with Crippen LogP contribution in [0.3, 0.4) is 0 Å². The third-order valence-electron chi connectivity index (χ3n) is 5.18. The van der Waals surface area contributed by atoms with Gasteiger partial charge in [-0.1, -0.05) is 48.5 Å². The predicted octanol–water partition coefficient (Wildman–Crippen LogP) is 4.94. The Hall–Kier alpha value is -2.98. The van der Waals surface area contributed by atoms with Crippen molar-refractivity contribution in [1.82, 2.24) is 0 Å². The summed E-state index contributed by atoms with van der Waals surface area (Å²) in [7, 11) is 3.33. The number of fused-ring (bicyclic) bond motifs is 1. The van der Waals surface area contributed by atoms with Gasteiger partial charge in [-0.15, -0.1) is 0 Å². The molecule has 3 aromatic carbocycles. The van der Waals surface area contributed by atoms with Crippen LogP contribution >= 0.6 is 0 Å². The molecule has 0 spiro atoms. The molecule has 0 amide bonds. The van der Waals surface area contributed by atoms with Gasteiger partial charge in [0.2, 0.25) is 0 Å². The van der Waals surface area contributed by atoms with E-state index < -0.39 is 0 Å². The Kier molecular flexibility index (Phi) is 5.49. The van der Waals surface area contributed by atoms with Crippen LogP contribution in [0.1, 0.15) is 22.3 Å². The zero-order valence-electron chi connectivity index (χ0n) is 16.4. The molecule has 4 nitrogen and oxygen atoms in total. The maximum atomic E-state index is 5.67. The van der Waals surface area contributed by atoms with E-state index in [1.54, 1.807) is 14.2 Å². The van der Waals surface area contributed by atoms with Gasteiger partial charge in [-0.05, 0) is 34.4 Å².